The SMILES string of the molecule is COc1ccc(C)cc1Nc1cc(-c2ccccc2)nc(NCc2ccncc2)n1. The Kier molecular flexibility index (Phi) is 5.85. The van der Waals surface area contributed by atoms with Crippen LogP contribution < -0.4 is 15.4 Å². The Morgan fingerprint density at radius 3 is 2.47 bits per heavy atom. The van der Waals surface area contributed by atoms with Gasteiger partial charge in [0.15, 0.2) is 0 Å². The van der Waals surface area contributed by atoms with Crippen molar-refractivity contribution in [2.75, 3.05) is 17.7 Å². The van der Waals surface area contributed by atoms with Crippen LogP contribution in [-0.4, -0.2) is 22.1 Å². The van der Waals surface area contributed by atoms with Crippen LogP contribution in [0.5, 0.6) is 5.75 Å². The largest absolute Gasteiger partial charge is 0.495 e. The molecule has 2 N–H and O–H groups in total. The second-order valence-corrected chi connectivity index (χ2v) is 6.87. The Balaban J connectivity index is 1.67. The molecular weight excluding hydrogens is 374 g/mol. The number of rotatable bonds is 7. The predicted molar refractivity (Wildman–Crippen MR) is 120 cm³/mol. The fraction of sp³-hybridized carbons (Fsp3) is 0.125. The number of hydrogen-bond acceptors (Lipinski definition) is 6. The smallest absolute Gasteiger partial charge is 0.225 e. The Labute approximate surface area is 176 Å². The van der Waals surface area contributed by atoms with Gasteiger partial charge in [-0.3, -0.25) is 4.98 Å². The van der Waals surface area contributed by atoms with E-state index in [4.69, 9.17) is 9.72 Å². The summed E-state index contributed by atoms with van der Waals surface area (Å²) in [5, 5.41) is 6.70. The third-order valence-electron chi connectivity index (χ3n) is 4.61. The average molecular weight is 397 g/mol. The van der Waals surface area contributed by atoms with E-state index in [0.29, 0.717) is 18.3 Å². The van der Waals surface area contributed by atoms with E-state index in [-0.39, 0.29) is 0 Å². The Hall–Kier alpha value is -3.93. The summed E-state index contributed by atoms with van der Waals surface area (Å²) in [6, 6.07) is 21.9. The quantitative estimate of drug-likeness (QED) is 0.446. The minimum absolute atomic E-state index is 0.544. The Morgan fingerprint density at radius 1 is 0.900 bits per heavy atom. The van der Waals surface area contributed by atoms with Crippen molar-refractivity contribution in [3.63, 3.8) is 0 Å². The number of hydrogen-bond donors (Lipinski definition) is 2. The van der Waals surface area contributed by atoms with Crippen LogP contribution in [0.25, 0.3) is 11.3 Å². The molecule has 0 saturated heterocycles. The fourth-order valence-electron chi connectivity index (χ4n) is 3.09. The van der Waals surface area contributed by atoms with E-state index in [1.807, 2.05) is 73.7 Å². The lowest BCUT2D eigenvalue weighted by molar-refractivity contribution is 0.416. The van der Waals surface area contributed by atoms with Crippen LogP contribution in [0.4, 0.5) is 17.5 Å². The van der Waals surface area contributed by atoms with Gasteiger partial charge in [-0.2, -0.15) is 4.98 Å². The molecule has 0 radical (unpaired) electrons. The molecule has 0 unspecified atom stereocenters. The number of aromatic nitrogens is 3. The summed E-state index contributed by atoms with van der Waals surface area (Å²) in [5.74, 6) is 1.99. The van der Waals surface area contributed by atoms with Gasteiger partial charge in [-0.05, 0) is 42.3 Å². The van der Waals surface area contributed by atoms with Crippen molar-refractivity contribution in [3.8, 4) is 17.0 Å². The van der Waals surface area contributed by atoms with E-state index in [2.05, 4.69) is 20.6 Å². The van der Waals surface area contributed by atoms with Crippen molar-refractivity contribution in [3.05, 3.63) is 90.3 Å². The zero-order valence-electron chi connectivity index (χ0n) is 17.0. The summed E-state index contributed by atoms with van der Waals surface area (Å²) < 4.78 is 5.50. The number of nitrogens with one attached hydrogen (secondary N) is 2. The average Bonchev–Trinajstić information content (AvgIpc) is 2.79. The van der Waals surface area contributed by atoms with Gasteiger partial charge < -0.3 is 15.4 Å². The van der Waals surface area contributed by atoms with Gasteiger partial charge in [0.25, 0.3) is 0 Å². The molecule has 0 bridgehead atoms. The van der Waals surface area contributed by atoms with Gasteiger partial charge in [0, 0.05) is 30.6 Å². The van der Waals surface area contributed by atoms with Crippen LogP contribution in [-0.2, 0) is 6.54 Å². The first-order chi connectivity index (χ1) is 14.7. The van der Waals surface area contributed by atoms with E-state index in [0.717, 1.165) is 33.8 Å². The highest BCUT2D eigenvalue weighted by atomic mass is 16.5. The normalized spacial score (nSPS) is 10.5. The molecule has 150 valence electrons. The maximum atomic E-state index is 5.50. The van der Waals surface area contributed by atoms with Crippen LogP contribution in [0.15, 0.2) is 79.1 Å². The second-order valence-electron chi connectivity index (χ2n) is 6.87. The summed E-state index contributed by atoms with van der Waals surface area (Å²) >= 11 is 0. The van der Waals surface area contributed by atoms with Gasteiger partial charge in [-0.25, -0.2) is 4.98 Å². The highest BCUT2D eigenvalue weighted by Crippen LogP contribution is 2.30. The van der Waals surface area contributed by atoms with E-state index in [9.17, 15) is 0 Å². The van der Waals surface area contributed by atoms with Gasteiger partial charge in [-0.15, -0.1) is 0 Å². The maximum absolute atomic E-state index is 5.50. The molecule has 30 heavy (non-hydrogen) atoms. The van der Waals surface area contributed by atoms with Crippen molar-refractivity contribution < 1.29 is 4.74 Å². The Bertz CT molecular complexity index is 1120. The summed E-state index contributed by atoms with van der Waals surface area (Å²) in [7, 11) is 1.66. The topological polar surface area (TPSA) is 72.0 Å². The van der Waals surface area contributed by atoms with Crippen LogP contribution in [0.3, 0.4) is 0 Å². The number of benzene rings is 2. The zero-order valence-corrected chi connectivity index (χ0v) is 17.0. The van der Waals surface area contributed by atoms with Gasteiger partial charge in [0.05, 0.1) is 18.5 Å². The summed E-state index contributed by atoms with van der Waals surface area (Å²) in [4.78, 5) is 13.4. The molecule has 6 heteroatoms. The van der Waals surface area contributed by atoms with Crippen LogP contribution in [0.2, 0.25) is 0 Å². The molecule has 0 aliphatic carbocycles. The van der Waals surface area contributed by atoms with Crippen molar-refractivity contribution >= 4 is 17.5 Å². The first-order valence-electron chi connectivity index (χ1n) is 9.70. The molecule has 0 fully saturated rings. The lowest BCUT2D eigenvalue weighted by atomic mass is 10.1. The molecule has 4 aromatic rings. The fourth-order valence-corrected chi connectivity index (χ4v) is 3.09. The van der Waals surface area contributed by atoms with E-state index in [1.165, 1.54) is 0 Å². The molecule has 0 aliphatic heterocycles. The monoisotopic (exact) mass is 397 g/mol. The zero-order chi connectivity index (χ0) is 20.8. The summed E-state index contributed by atoms with van der Waals surface area (Å²) in [6.07, 6.45) is 3.55. The minimum atomic E-state index is 0.544. The molecule has 0 amide bonds. The number of anilines is 3. The highest BCUT2D eigenvalue weighted by Gasteiger charge is 2.10. The molecule has 0 atom stereocenters. The van der Waals surface area contributed by atoms with E-state index >= 15 is 0 Å². The van der Waals surface area contributed by atoms with Crippen molar-refractivity contribution in [2.24, 2.45) is 0 Å². The molecule has 0 spiro atoms. The minimum Gasteiger partial charge on any atom is -0.495 e. The highest BCUT2D eigenvalue weighted by molar-refractivity contribution is 5.70. The molecule has 4 rings (SSSR count). The van der Waals surface area contributed by atoms with Crippen LogP contribution >= 0.6 is 0 Å². The number of pyridine rings is 1. The number of nitrogens with zero attached hydrogens (tertiary/aromatic N) is 3. The second kappa shape index (κ2) is 9.05. The van der Waals surface area contributed by atoms with E-state index < -0.39 is 0 Å². The molecule has 2 aromatic heterocycles. The molecular formula is C24H23N5O. The predicted octanol–water partition coefficient (Wildman–Crippen LogP) is 5.21. The molecule has 0 aliphatic rings. The Morgan fingerprint density at radius 2 is 1.70 bits per heavy atom. The van der Waals surface area contributed by atoms with E-state index in [1.54, 1.807) is 19.5 Å². The first kappa shape index (κ1) is 19.4. The van der Waals surface area contributed by atoms with Crippen LogP contribution in [0, 0.1) is 6.92 Å². The third kappa shape index (κ3) is 4.72. The van der Waals surface area contributed by atoms with Crippen molar-refractivity contribution in [1.29, 1.82) is 0 Å². The van der Waals surface area contributed by atoms with Gasteiger partial charge in [0.2, 0.25) is 5.95 Å². The lowest BCUT2D eigenvalue weighted by Crippen LogP contribution is -2.07. The maximum Gasteiger partial charge on any atom is 0.225 e. The summed E-state index contributed by atoms with van der Waals surface area (Å²) in [5.41, 5.74) is 4.94. The number of ether oxygens (including phenoxy) is 1. The van der Waals surface area contributed by atoms with Crippen molar-refractivity contribution in [1.82, 2.24) is 15.0 Å². The van der Waals surface area contributed by atoms with Gasteiger partial charge in [-0.1, -0.05) is 36.4 Å². The van der Waals surface area contributed by atoms with Crippen molar-refractivity contribution in [2.45, 2.75) is 13.5 Å². The van der Waals surface area contributed by atoms with Crippen LogP contribution in [0.1, 0.15) is 11.1 Å². The molecule has 0 saturated carbocycles. The molecule has 6 nitrogen and oxygen atoms in total. The summed E-state index contributed by atoms with van der Waals surface area (Å²) in [6.45, 7) is 2.65. The lowest BCUT2D eigenvalue weighted by Gasteiger charge is -2.14. The van der Waals surface area contributed by atoms with Gasteiger partial charge in [0.1, 0.15) is 11.6 Å². The number of methoxy groups -OCH3 is 1. The molecule has 2 aromatic carbocycles. The standard InChI is InChI=1S/C24H23N5O/c1-17-8-9-22(30-2)21(14-17)27-23-15-20(19-6-4-3-5-7-19)28-24(29-23)26-16-18-10-12-25-13-11-18/h3-15H,16H2,1-2H3,(H2,26,27,28,29). The first-order valence-corrected chi connectivity index (χ1v) is 9.70. The molecule has 2 heterocycles. The number of aryl methyl sites for hydroxylation is 1. The van der Waals surface area contributed by atoms with Gasteiger partial charge >= 0.3 is 0 Å². The third-order valence-corrected chi connectivity index (χ3v) is 4.61.